The summed E-state index contributed by atoms with van der Waals surface area (Å²) in [6, 6.07) is 11.4. The second kappa shape index (κ2) is 7.27. The van der Waals surface area contributed by atoms with Crippen molar-refractivity contribution >= 4 is 16.8 Å². The number of pyridine rings is 1. The fourth-order valence-electron chi connectivity index (χ4n) is 3.04. The molecule has 136 valence electrons. The summed E-state index contributed by atoms with van der Waals surface area (Å²) in [5, 5.41) is 20.2. The van der Waals surface area contributed by atoms with E-state index in [0.717, 1.165) is 28.6 Å². The van der Waals surface area contributed by atoms with E-state index in [0.29, 0.717) is 5.92 Å². The summed E-state index contributed by atoms with van der Waals surface area (Å²) in [4.78, 5) is 15.6. The maximum absolute atomic E-state index is 11.6. The van der Waals surface area contributed by atoms with Crippen molar-refractivity contribution in [2.75, 3.05) is 6.61 Å². The summed E-state index contributed by atoms with van der Waals surface area (Å²) in [6.45, 7) is 4.82. The minimum absolute atomic E-state index is 0.0578. The van der Waals surface area contributed by atoms with Crippen LogP contribution in [0.3, 0.4) is 0 Å². The van der Waals surface area contributed by atoms with Gasteiger partial charge in [-0.3, -0.25) is 4.79 Å². The normalized spacial score (nSPS) is 12.7. The van der Waals surface area contributed by atoms with Crippen molar-refractivity contribution in [2.45, 2.75) is 26.5 Å². The van der Waals surface area contributed by atoms with Gasteiger partial charge in [0.15, 0.2) is 0 Å². The van der Waals surface area contributed by atoms with E-state index in [1.54, 1.807) is 12.1 Å². The van der Waals surface area contributed by atoms with Gasteiger partial charge in [-0.25, -0.2) is 4.98 Å². The number of hydrogen-bond donors (Lipinski definition) is 3. The van der Waals surface area contributed by atoms with Crippen molar-refractivity contribution in [2.24, 2.45) is 11.7 Å². The lowest BCUT2D eigenvalue weighted by Gasteiger charge is -2.12. The Kier molecular flexibility index (Phi) is 5.06. The highest BCUT2D eigenvalue weighted by Crippen LogP contribution is 2.28. The van der Waals surface area contributed by atoms with Crippen LogP contribution in [0.2, 0.25) is 0 Å². The van der Waals surface area contributed by atoms with Gasteiger partial charge in [0.2, 0.25) is 0 Å². The van der Waals surface area contributed by atoms with Crippen LogP contribution in [-0.4, -0.2) is 32.3 Å². The molecular formula is C20H23N3O3. The Morgan fingerprint density at radius 1 is 1.19 bits per heavy atom. The molecule has 1 atom stereocenters. The molecule has 4 N–H and O–H groups in total. The van der Waals surface area contributed by atoms with Crippen LogP contribution in [0, 0.1) is 5.92 Å². The van der Waals surface area contributed by atoms with Crippen LogP contribution in [0.15, 0.2) is 42.6 Å². The molecule has 1 amide bonds. The zero-order valence-electron chi connectivity index (χ0n) is 14.9. The van der Waals surface area contributed by atoms with E-state index in [4.69, 9.17) is 5.73 Å². The van der Waals surface area contributed by atoms with E-state index in [-0.39, 0.29) is 11.4 Å². The molecular weight excluding hydrogens is 330 g/mol. The summed E-state index contributed by atoms with van der Waals surface area (Å²) in [7, 11) is 0. The minimum Gasteiger partial charge on any atom is -0.393 e. The summed E-state index contributed by atoms with van der Waals surface area (Å²) in [5.74, 6) is -0.131. The number of aliphatic hydroxyl groups excluding tert-OH is 2. The number of benzene rings is 1. The van der Waals surface area contributed by atoms with Crippen LogP contribution >= 0.6 is 0 Å². The SMILES string of the molecule is CC(C)Cn1ccc2cc(-c3cc(C(N)=O)nc([C@H](O)CO)c3)ccc21. The number of hydrogen-bond acceptors (Lipinski definition) is 4. The number of amides is 1. The first-order valence-electron chi connectivity index (χ1n) is 8.59. The average molecular weight is 353 g/mol. The molecule has 0 radical (unpaired) electrons. The smallest absolute Gasteiger partial charge is 0.267 e. The monoisotopic (exact) mass is 353 g/mol. The first-order valence-corrected chi connectivity index (χ1v) is 8.59. The molecule has 2 heterocycles. The molecule has 0 unspecified atom stereocenters. The molecule has 2 aromatic heterocycles. The van der Waals surface area contributed by atoms with E-state index in [1.807, 2.05) is 18.2 Å². The number of nitrogens with zero attached hydrogens (tertiary/aromatic N) is 2. The minimum atomic E-state index is -1.16. The predicted octanol–water partition coefficient (Wildman–Crippen LogP) is 2.48. The maximum Gasteiger partial charge on any atom is 0.267 e. The molecule has 3 rings (SSSR count). The highest BCUT2D eigenvalue weighted by Gasteiger charge is 2.15. The standard InChI is InChI=1S/C20H23N3O3/c1-12(2)10-23-6-5-14-7-13(3-4-18(14)23)15-8-16(19(25)11-24)22-17(9-15)20(21)26/h3-9,12,19,24-25H,10-11H2,1-2H3,(H2,21,26)/t19-/m1/s1. The molecule has 0 spiro atoms. The highest BCUT2D eigenvalue weighted by atomic mass is 16.3. The Balaban J connectivity index is 2.07. The van der Waals surface area contributed by atoms with Crippen LogP contribution < -0.4 is 5.73 Å². The number of primary amides is 1. The predicted molar refractivity (Wildman–Crippen MR) is 101 cm³/mol. The number of aliphatic hydroxyl groups is 2. The Labute approximate surface area is 151 Å². The van der Waals surface area contributed by atoms with Gasteiger partial charge in [0.25, 0.3) is 5.91 Å². The quantitative estimate of drug-likeness (QED) is 0.633. The van der Waals surface area contributed by atoms with Crippen molar-refractivity contribution in [3.63, 3.8) is 0 Å². The van der Waals surface area contributed by atoms with Gasteiger partial charge in [0.1, 0.15) is 11.8 Å². The first-order chi connectivity index (χ1) is 12.4. The van der Waals surface area contributed by atoms with Gasteiger partial charge in [0, 0.05) is 23.6 Å². The molecule has 0 bridgehead atoms. The summed E-state index contributed by atoms with van der Waals surface area (Å²) >= 11 is 0. The second-order valence-electron chi connectivity index (χ2n) is 6.86. The van der Waals surface area contributed by atoms with Crippen molar-refractivity contribution < 1.29 is 15.0 Å². The molecule has 0 aliphatic heterocycles. The topological polar surface area (TPSA) is 101 Å². The van der Waals surface area contributed by atoms with Gasteiger partial charge >= 0.3 is 0 Å². The molecule has 1 aromatic carbocycles. The third-order valence-corrected chi connectivity index (χ3v) is 4.28. The van der Waals surface area contributed by atoms with Gasteiger partial charge in [-0.15, -0.1) is 0 Å². The zero-order chi connectivity index (χ0) is 18.8. The number of fused-ring (bicyclic) bond motifs is 1. The van der Waals surface area contributed by atoms with E-state index < -0.39 is 18.6 Å². The summed E-state index contributed by atoms with van der Waals surface area (Å²) in [6.07, 6.45) is 0.903. The molecule has 26 heavy (non-hydrogen) atoms. The third-order valence-electron chi connectivity index (χ3n) is 4.28. The number of nitrogens with two attached hydrogens (primary N) is 1. The van der Waals surface area contributed by atoms with E-state index in [1.165, 1.54) is 0 Å². The van der Waals surface area contributed by atoms with Gasteiger partial charge in [-0.05, 0) is 47.4 Å². The van der Waals surface area contributed by atoms with Crippen molar-refractivity contribution in [1.82, 2.24) is 9.55 Å². The molecule has 0 fully saturated rings. The van der Waals surface area contributed by atoms with Crippen LogP contribution in [-0.2, 0) is 6.54 Å². The van der Waals surface area contributed by atoms with Crippen molar-refractivity contribution in [3.8, 4) is 11.1 Å². The molecule has 0 aliphatic rings. The fraction of sp³-hybridized carbons (Fsp3) is 0.300. The van der Waals surface area contributed by atoms with Gasteiger partial charge in [-0.1, -0.05) is 19.9 Å². The number of carbonyl (C=O) groups is 1. The zero-order valence-corrected chi connectivity index (χ0v) is 14.9. The van der Waals surface area contributed by atoms with Crippen molar-refractivity contribution in [1.29, 1.82) is 0 Å². The maximum atomic E-state index is 11.6. The summed E-state index contributed by atoms with van der Waals surface area (Å²) < 4.78 is 2.21. The molecule has 6 nitrogen and oxygen atoms in total. The van der Waals surface area contributed by atoms with Crippen LogP contribution in [0.5, 0.6) is 0 Å². The molecule has 0 saturated carbocycles. The number of carbonyl (C=O) groups excluding carboxylic acids is 1. The van der Waals surface area contributed by atoms with Gasteiger partial charge in [-0.2, -0.15) is 0 Å². The number of rotatable bonds is 6. The Morgan fingerprint density at radius 2 is 1.96 bits per heavy atom. The van der Waals surface area contributed by atoms with E-state index >= 15 is 0 Å². The second-order valence-corrected chi connectivity index (χ2v) is 6.86. The van der Waals surface area contributed by atoms with Crippen LogP contribution in [0.25, 0.3) is 22.0 Å². The van der Waals surface area contributed by atoms with Crippen LogP contribution in [0.4, 0.5) is 0 Å². The molecule has 0 saturated heterocycles. The van der Waals surface area contributed by atoms with Crippen molar-refractivity contribution in [3.05, 3.63) is 54.0 Å². The van der Waals surface area contributed by atoms with Crippen LogP contribution in [0.1, 0.15) is 36.1 Å². The lowest BCUT2D eigenvalue weighted by atomic mass is 10.0. The first kappa shape index (κ1) is 18.1. The lowest BCUT2D eigenvalue weighted by molar-refractivity contribution is 0.0912. The van der Waals surface area contributed by atoms with Gasteiger partial charge < -0.3 is 20.5 Å². The van der Waals surface area contributed by atoms with Gasteiger partial charge in [0.05, 0.1) is 12.3 Å². The summed E-state index contributed by atoms with van der Waals surface area (Å²) in [5.41, 5.74) is 8.38. The van der Waals surface area contributed by atoms with E-state index in [2.05, 4.69) is 35.7 Å². The highest BCUT2D eigenvalue weighted by molar-refractivity contribution is 5.93. The molecule has 6 heteroatoms. The Bertz CT molecular complexity index is 947. The number of aromatic nitrogens is 2. The lowest BCUT2D eigenvalue weighted by Crippen LogP contribution is -2.16. The third kappa shape index (κ3) is 3.61. The largest absolute Gasteiger partial charge is 0.393 e. The van der Waals surface area contributed by atoms with E-state index in [9.17, 15) is 15.0 Å². The molecule has 3 aromatic rings. The fourth-order valence-corrected chi connectivity index (χ4v) is 3.04. The Morgan fingerprint density at radius 3 is 2.62 bits per heavy atom. The average Bonchev–Trinajstić information content (AvgIpc) is 3.02. The molecule has 0 aliphatic carbocycles. The Hall–Kier alpha value is -2.70.